The highest BCUT2D eigenvalue weighted by molar-refractivity contribution is 5.73. The van der Waals surface area contributed by atoms with Gasteiger partial charge in [-0.2, -0.15) is 0 Å². The van der Waals surface area contributed by atoms with E-state index in [2.05, 4.69) is 48.5 Å². The van der Waals surface area contributed by atoms with Gasteiger partial charge in [0.1, 0.15) is 0 Å². The Morgan fingerprint density at radius 3 is 1.82 bits per heavy atom. The fraction of sp³-hybridized carbons (Fsp3) is 0.933. The Labute approximate surface area is 108 Å². The zero-order valence-corrected chi connectivity index (χ0v) is 13.1. The van der Waals surface area contributed by atoms with Crippen LogP contribution < -0.4 is 0 Å². The van der Waals surface area contributed by atoms with Gasteiger partial charge in [-0.3, -0.25) is 4.79 Å². The Hall–Kier alpha value is -0.530. The molecular weight excluding hydrogens is 210 g/mol. The van der Waals surface area contributed by atoms with Crippen molar-refractivity contribution in [3.05, 3.63) is 0 Å². The van der Waals surface area contributed by atoms with Crippen molar-refractivity contribution in [2.45, 2.75) is 74.3 Å². The van der Waals surface area contributed by atoms with Gasteiger partial charge in [-0.1, -0.05) is 41.5 Å². The van der Waals surface area contributed by atoms with Crippen LogP contribution in [0, 0.1) is 10.8 Å². The molecule has 0 aliphatic rings. The summed E-state index contributed by atoms with van der Waals surface area (Å²) in [4.78, 5) is 13.7. The average Bonchev–Trinajstić information content (AvgIpc) is 2.07. The van der Waals surface area contributed by atoms with E-state index in [1.807, 2.05) is 4.90 Å². The van der Waals surface area contributed by atoms with Crippen LogP contribution in [0.4, 0.5) is 0 Å². The van der Waals surface area contributed by atoms with E-state index in [-0.39, 0.29) is 11.3 Å². The monoisotopic (exact) mass is 241 g/mol. The second kappa shape index (κ2) is 5.88. The molecule has 0 rings (SSSR count). The second-order valence-electron chi connectivity index (χ2n) is 7.29. The van der Waals surface area contributed by atoms with Crippen LogP contribution >= 0.6 is 0 Å². The summed E-state index contributed by atoms with van der Waals surface area (Å²) in [5.74, 6) is 0.196. The molecule has 102 valence electrons. The normalized spacial score (nSPS) is 14.6. The van der Waals surface area contributed by atoms with E-state index in [1.54, 1.807) is 6.92 Å². The van der Waals surface area contributed by atoms with E-state index in [1.165, 1.54) is 0 Å². The summed E-state index contributed by atoms with van der Waals surface area (Å²) in [5, 5.41) is 0. The van der Waals surface area contributed by atoms with E-state index in [9.17, 15) is 4.79 Å². The molecule has 1 unspecified atom stereocenters. The number of rotatable bonds is 4. The van der Waals surface area contributed by atoms with E-state index in [0.29, 0.717) is 11.5 Å². The van der Waals surface area contributed by atoms with Gasteiger partial charge < -0.3 is 4.90 Å². The van der Waals surface area contributed by atoms with E-state index < -0.39 is 0 Å². The molecule has 2 heteroatoms. The molecule has 0 fully saturated rings. The molecule has 0 saturated carbocycles. The summed E-state index contributed by atoms with van der Waals surface area (Å²) in [5.41, 5.74) is 0.479. The van der Waals surface area contributed by atoms with Crippen LogP contribution in [0.3, 0.4) is 0 Å². The maximum atomic E-state index is 11.7. The Balaban J connectivity index is 4.83. The number of carbonyl (C=O) groups is 1. The first kappa shape index (κ1) is 16.5. The highest BCUT2D eigenvalue weighted by Crippen LogP contribution is 2.32. The third kappa shape index (κ3) is 6.09. The lowest BCUT2D eigenvalue weighted by molar-refractivity contribution is -0.133. The van der Waals surface area contributed by atoms with Crippen LogP contribution in [0.25, 0.3) is 0 Å². The highest BCUT2D eigenvalue weighted by Gasteiger charge is 2.31. The van der Waals surface area contributed by atoms with Crippen molar-refractivity contribution in [1.29, 1.82) is 0 Å². The molecule has 0 aromatic carbocycles. The number of hydrogen-bond acceptors (Lipinski definition) is 1. The summed E-state index contributed by atoms with van der Waals surface area (Å²) < 4.78 is 0. The number of nitrogens with zero attached hydrogens (tertiary/aromatic N) is 1. The molecule has 0 heterocycles. The summed E-state index contributed by atoms with van der Waals surface area (Å²) in [6.45, 7) is 18.0. The topological polar surface area (TPSA) is 20.3 Å². The van der Waals surface area contributed by atoms with E-state index in [4.69, 9.17) is 0 Å². The maximum absolute atomic E-state index is 11.7. The predicted molar refractivity (Wildman–Crippen MR) is 75.0 cm³/mol. The number of carbonyl (C=O) groups excluding carboxylic acids is 1. The Morgan fingerprint density at radius 2 is 1.59 bits per heavy atom. The third-order valence-corrected chi connectivity index (χ3v) is 3.29. The van der Waals surface area contributed by atoms with E-state index in [0.717, 1.165) is 19.4 Å². The minimum absolute atomic E-state index is 0.146. The molecule has 2 nitrogen and oxygen atoms in total. The Morgan fingerprint density at radius 1 is 1.12 bits per heavy atom. The highest BCUT2D eigenvalue weighted by atomic mass is 16.2. The number of amides is 1. The van der Waals surface area contributed by atoms with Crippen molar-refractivity contribution < 1.29 is 4.79 Å². The molecule has 0 saturated heterocycles. The minimum atomic E-state index is 0.146. The van der Waals surface area contributed by atoms with Gasteiger partial charge in [0, 0.05) is 19.5 Å². The molecule has 1 atom stereocenters. The van der Waals surface area contributed by atoms with Crippen LogP contribution in [0.15, 0.2) is 0 Å². The lowest BCUT2D eigenvalue weighted by atomic mass is 9.79. The molecule has 17 heavy (non-hydrogen) atoms. The van der Waals surface area contributed by atoms with Gasteiger partial charge in [0.25, 0.3) is 0 Å². The lowest BCUT2D eigenvalue weighted by Gasteiger charge is -2.40. The molecule has 0 aliphatic carbocycles. The molecule has 0 radical (unpaired) electrons. The van der Waals surface area contributed by atoms with Crippen molar-refractivity contribution in [2.75, 3.05) is 6.54 Å². The third-order valence-electron chi connectivity index (χ3n) is 3.29. The fourth-order valence-electron chi connectivity index (χ4n) is 2.29. The van der Waals surface area contributed by atoms with Crippen molar-refractivity contribution in [1.82, 2.24) is 4.90 Å². The molecule has 0 aromatic heterocycles. The van der Waals surface area contributed by atoms with Gasteiger partial charge in [-0.25, -0.2) is 0 Å². The Bertz CT molecular complexity index is 245. The van der Waals surface area contributed by atoms with Gasteiger partial charge in [-0.15, -0.1) is 0 Å². The zero-order valence-electron chi connectivity index (χ0n) is 13.1. The molecule has 0 aliphatic heterocycles. The molecule has 0 N–H and O–H groups in total. The van der Waals surface area contributed by atoms with E-state index >= 15 is 0 Å². The summed E-state index contributed by atoms with van der Waals surface area (Å²) in [6.07, 6.45) is 2.24. The molecule has 0 bridgehead atoms. The average molecular weight is 241 g/mol. The van der Waals surface area contributed by atoms with Crippen molar-refractivity contribution in [3.63, 3.8) is 0 Å². The lowest BCUT2D eigenvalue weighted by Crippen LogP contribution is -2.46. The Kier molecular flexibility index (Phi) is 5.70. The zero-order chi connectivity index (χ0) is 13.9. The summed E-state index contributed by atoms with van der Waals surface area (Å²) in [7, 11) is 0. The van der Waals surface area contributed by atoms with Crippen LogP contribution in [0.2, 0.25) is 0 Å². The molecule has 1 amide bonds. The predicted octanol–water partition coefficient (Wildman–Crippen LogP) is 4.10. The van der Waals surface area contributed by atoms with Crippen LogP contribution in [0.5, 0.6) is 0 Å². The molecular formula is C15H31NO. The smallest absolute Gasteiger partial charge is 0.219 e. The SMILES string of the molecule is CCN(C(C)=O)C(CCC(C)(C)C)C(C)(C)C. The molecule has 0 aromatic rings. The minimum Gasteiger partial charge on any atom is -0.340 e. The standard InChI is InChI=1S/C15H31NO/c1-9-16(12(2)17)13(15(6,7)8)10-11-14(3,4)5/h13H,9-11H2,1-8H3. The summed E-state index contributed by atoms with van der Waals surface area (Å²) >= 11 is 0. The van der Waals surface area contributed by atoms with Crippen molar-refractivity contribution in [2.24, 2.45) is 10.8 Å². The maximum Gasteiger partial charge on any atom is 0.219 e. The first-order chi connectivity index (χ1) is 7.49. The van der Waals surface area contributed by atoms with Crippen LogP contribution in [0.1, 0.15) is 68.2 Å². The number of hydrogen-bond donors (Lipinski definition) is 0. The van der Waals surface area contributed by atoms with Gasteiger partial charge in [-0.05, 0) is 30.6 Å². The van der Waals surface area contributed by atoms with Gasteiger partial charge >= 0.3 is 0 Å². The fourth-order valence-corrected chi connectivity index (χ4v) is 2.29. The largest absolute Gasteiger partial charge is 0.340 e. The van der Waals surface area contributed by atoms with Crippen molar-refractivity contribution >= 4 is 5.91 Å². The first-order valence-corrected chi connectivity index (χ1v) is 6.76. The summed E-state index contributed by atoms with van der Waals surface area (Å²) in [6, 6.07) is 0.337. The molecule has 0 spiro atoms. The van der Waals surface area contributed by atoms with Gasteiger partial charge in [0.15, 0.2) is 0 Å². The van der Waals surface area contributed by atoms with Gasteiger partial charge in [0.05, 0.1) is 0 Å². The first-order valence-electron chi connectivity index (χ1n) is 6.76. The van der Waals surface area contributed by atoms with Crippen LogP contribution in [-0.2, 0) is 4.79 Å². The van der Waals surface area contributed by atoms with Crippen LogP contribution in [-0.4, -0.2) is 23.4 Å². The van der Waals surface area contributed by atoms with Crippen molar-refractivity contribution in [3.8, 4) is 0 Å². The second-order valence-corrected chi connectivity index (χ2v) is 7.29. The van der Waals surface area contributed by atoms with Gasteiger partial charge in [0.2, 0.25) is 5.91 Å². The quantitative estimate of drug-likeness (QED) is 0.726.